The summed E-state index contributed by atoms with van der Waals surface area (Å²) in [7, 11) is 0. The number of hydrogen-bond donors (Lipinski definition) is 1. The van der Waals surface area contributed by atoms with E-state index < -0.39 is 17.7 Å². The van der Waals surface area contributed by atoms with E-state index in [1.807, 2.05) is 44.2 Å². The van der Waals surface area contributed by atoms with Crippen LogP contribution in [0.2, 0.25) is 0 Å². The summed E-state index contributed by atoms with van der Waals surface area (Å²) in [5, 5.41) is 10.6. The van der Waals surface area contributed by atoms with E-state index in [1.165, 1.54) is 18.2 Å². The fourth-order valence-electron chi connectivity index (χ4n) is 2.72. The van der Waals surface area contributed by atoms with Gasteiger partial charge in [-0.05, 0) is 23.6 Å². The van der Waals surface area contributed by atoms with Crippen LogP contribution in [0.15, 0.2) is 48.5 Å². The zero-order valence-corrected chi connectivity index (χ0v) is 12.3. The molecule has 0 aliphatic rings. The van der Waals surface area contributed by atoms with Crippen LogP contribution in [0, 0.1) is 17.6 Å². The van der Waals surface area contributed by atoms with Crippen LogP contribution in [0.4, 0.5) is 8.78 Å². The van der Waals surface area contributed by atoms with E-state index in [-0.39, 0.29) is 17.4 Å². The molecule has 21 heavy (non-hydrogen) atoms. The number of hydrogen-bond acceptors (Lipinski definition) is 1. The largest absolute Gasteiger partial charge is 0.388 e. The molecule has 0 spiro atoms. The molecule has 112 valence electrons. The fraction of sp³-hybridized carbons (Fsp3) is 0.333. The topological polar surface area (TPSA) is 20.2 Å². The van der Waals surface area contributed by atoms with E-state index in [9.17, 15) is 13.9 Å². The Labute approximate surface area is 124 Å². The molecule has 1 nitrogen and oxygen atoms in total. The van der Waals surface area contributed by atoms with Crippen molar-refractivity contribution < 1.29 is 13.9 Å². The predicted octanol–water partition coefficient (Wildman–Crippen LogP) is 4.83. The molecule has 0 aromatic heterocycles. The molecule has 0 aliphatic heterocycles. The fourth-order valence-corrected chi connectivity index (χ4v) is 2.72. The third-order valence-electron chi connectivity index (χ3n) is 4.08. The van der Waals surface area contributed by atoms with Gasteiger partial charge in [-0.15, -0.1) is 0 Å². The Bertz CT molecular complexity index is 563. The third kappa shape index (κ3) is 3.30. The molecule has 0 saturated heterocycles. The average Bonchev–Trinajstić information content (AvgIpc) is 2.48. The van der Waals surface area contributed by atoms with Crippen molar-refractivity contribution in [3.05, 3.63) is 71.3 Å². The summed E-state index contributed by atoms with van der Waals surface area (Å²) in [5.41, 5.74) is 0.647. The number of benzene rings is 2. The third-order valence-corrected chi connectivity index (χ3v) is 4.08. The first kappa shape index (κ1) is 15.6. The first-order chi connectivity index (χ1) is 10.1. The van der Waals surface area contributed by atoms with Crippen molar-refractivity contribution in [1.29, 1.82) is 0 Å². The summed E-state index contributed by atoms with van der Waals surface area (Å²) in [6.07, 6.45) is -0.393. The normalized spacial score (nSPS) is 15.5. The standard InChI is InChI=1S/C18H20F2O/c1-3-12(2)16(13-8-5-4-6-9-13)18(21)17-14(19)10-7-11-15(17)20/h4-12,16,18,21H,3H2,1-2H3. The van der Waals surface area contributed by atoms with Gasteiger partial charge in [-0.25, -0.2) is 8.78 Å². The number of aliphatic hydroxyl groups excluding tert-OH is 1. The van der Waals surface area contributed by atoms with Gasteiger partial charge in [0.05, 0.1) is 11.7 Å². The molecule has 3 heteroatoms. The molecule has 0 fully saturated rings. The zero-order valence-electron chi connectivity index (χ0n) is 12.3. The summed E-state index contributed by atoms with van der Waals surface area (Å²) >= 11 is 0. The molecule has 0 radical (unpaired) electrons. The van der Waals surface area contributed by atoms with Gasteiger partial charge in [0.15, 0.2) is 0 Å². The SMILES string of the molecule is CCC(C)C(c1ccccc1)C(O)c1c(F)cccc1F. The highest BCUT2D eigenvalue weighted by Gasteiger charge is 2.31. The predicted molar refractivity (Wildman–Crippen MR) is 80.0 cm³/mol. The van der Waals surface area contributed by atoms with Crippen LogP contribution in [0.3, 0.4) is 0 Å². The maximum Gasteiger partial charge on any atom is 0.131 e. The lowest BCUT2D eigenvalue weighted by atomic mass is 9.79. The molecular weight excluding hydrogens is 270 g/mol. The molecule has 2 rings (SSSR count). The zero-order chi connectivity index (χ0) is 15.4. The average molecular weight is 290 g/mol. The Morgan fingerprint density at radius 3 is 2.05 bits per heavy atom. The van der Waals surface area contributed by atoms with Gasteiger partial charge in [-0.3, -0.25) is 0 Å². The highest BCUT2D eigenvalue weighted by atomic mass is 19.1. The molecular formula is C18H20F2O. The molecule has 0 amide bonds. The van der Waals surface area contributed by atoms with Crippen molar-refractivity contribution >= 4 is 0 Å². The lowest BCUT2D eigenvalue weighted by Gasteiger charge is -2.29. The summed E-state index contributed by atoms with van der Waals surface area (Å²) in [6.45, 7) is 3.99. The second-order valence-corrected chi connectivity index (χ2v) is 5.40. The van der Waals surface area contributed by atoms with Crippen LogP contribution in [0.5, 0.6) is 0 Å². The molecule has 1 N–H and O–H groups in total. The minimum Gasteiger partial charge on any atom is -0.388 e. The molecule has 3 atom stereocenters. The summed E-state index contributed by atoms with van der Waals surface area (Å²) in [4.78, 5) is 0. The second-order valence-electron chi connectivity index (χ2n) is 5.40. The van der Waals surface area contributed by atoms with Crippen molar-refractivity contribution in [1.82, 2.24) is 0 Å². The van der Waals surface area contributed by atoms with Crippen LogP contribution in [0.1, 0.15) is 43.4 Å². The minimum absolute atomic E-state index is 0.0985. The summed E-state index contributed by atoms with van der Waals surface area (Å²) < 4.78 is 27.9. The van der Waals surface area contributed by atoms with Crippen molar-refractivity contribution in [3.8, 4) is 0 Å². The molecule has 2 aromatic rings. The van der Waals surface area contributed by atoms with Crippen LogP contribution in [0.25, 0.3) is 0 Å². The highest BCUT2D eigenvalue weighted by molar-refractivity contribution is 5.29. The highest BCUT2D eigenvalue weighted by Crippen LogP contribution is 2.39. The lowest BCUT2D eigenvalue weighted by molar-refractivity contribution is 0.110. The van der Waals surface area contributed by atoms with Crippen molar-refractivity contribution in [2.45, 2.75) is 32.3 Å². The van der Waals surface area contributed by atoms with Crippen molar-refractivity contribution in [2.75, 3.05) is 0 Å². The van der Waals surface area contributed by atoms with Crippen LogP contribution in [-0.2, 0) is 0 Å². The number of rotatable bonds is 5. The summed E-state index contributed by atoms with van der Waals surface area (Å²) in [6, 6.07) is 13.1. The first-order valence-electron chi connectivity index (χ1n) is 7.23. The Morgan fingerprint density at radius 2 is 1.52 bits per heavy atom. The van der Waals surface area contributed by atoms with E-state index in [0.717, 1.165) is 12.0 Å². The Balaban J connectivity index is 2.47. The van der Waals surface area contributed by atoms with Gasteiger partial charge >= 0.3 is 0 Å². The van der Waals surface area contributed by atoms with E-state index in [0.29, 0.717) is 0 Å². The molecule has 0 heterocycles. The van der Waals surface area contributed by atoms with Gasteiger partial charge in [0, 0.05) is 5.92 Å². The van der Waals surface area contributed by atoms with E-state index in [4.69, 9.17) is 0 Å². The smallest absolute Gasteiger partial charge is 0.131 e. The van der Waals surface area contributed by atoms with E-state index >= 15 is 0 Å². The minimum atomic E-state index is -1.21. The summed E-state index contributed by atoms with van der Waals surface area (Å²) in [5.74, 6) is -1.65. The maximum absolute atomic E-state index is 13.9. The van der Waals surface area contributed by atoms with Crippen molar-refractivity contribution in [2.24, 2.45) is 5.92 Å². The Hall–Kier alpha value is -1.74. The Morgan fingerprint density at radius 1 is 0.952 bits per heavy atom. The Kier molecular flexibility index (Phi) is 5.07. The van der Waals surface area contributed by atoms with Gasteiger partial charge in [0.25, 0.3) is 0 Å². The van der Waals surface area contributed by atoms with Gasteiger partial charge in [-0.2, -0.15) is 0 Å². The molecule has 0 saturated carbocycles. The van der Waals surface area contributed by atoms with E-state index in [2.05, 4.69) is 0 Å². The molecule has 3 unspecified atom stereocenters. The van der Waals surface area contributed by atoms with Crippen LogP contribution >= 0.6 is 0 Å². The van der Waals surface area contributed by atoms with Gasteiger partial charge in [0.1, 0.15) is 11.6 Å². The van der Waals surface area contributed by atoms with Gasteiger partial charge in [0.2, 0.25) is 0 Å². The first-order valence-corrected chi connectivity index (χ1v) is 7.23. The molecule has 2 aromatic carbocycles. The quantitative estimate of drug-likeness (QED) is 0.836. The van der Waals surface area contributed by atoms with Crippen LogP contribution in [-0.4, -0.2) is 5.11 Å². The van der Waals surface area contributed by atoms with Gasteiger partial charge in [-0.1, -0.05) is 56.7 Å². The second kappa shape index (κ2) is 6.81. The number of aliphatic hydroxyl groups is 1. The molecule has 0 aliphatic carbocycles. The van der Waals surface area contributed by atoms with Crippen molar-refractivity contribution in [3.63, 3.8) is 0 Å². The maximum atomic E-state index is 13.9. The monoisotopic (exact) mass is 290 g/mol. The van der Waals surface area contributed by atoms with Crippen LogP contribution < -0.4 is 0 Å². The van der Waals surface area contributed by atoms with Gasteiger partial charge < -0.3 is 5.11 Å². The number of halogens is 2. The van der Waals surface area contributed by atoms with E-state index in [1.54, 1.807) is 0 Å². The lowest BCUT2D eigenvalue weighted by Crippen LogP contribution is -2.20. The molecule has 0 bridgehead atoms.